The van der Waals surface area contributed by atoms with Crippen molar-refractivity contribution in [1.29, 1.82) is 0 Å². The van der Waals surface area contributed by atoms with Crippen molar-refractivity contribution in [3.8, 4) is 11.5 Å². The van der Waals surface area contributed by atoms with Crippen LogP contribution in [-0.2, 0) is 16.0 Å². The van der Waals surface area contributed by atoms with E-state index in [4.69, 9.17) is 21.1 Å². The second-order valence-electron chi connectivity index (χ2n) is 5.52. The summed E-state index contributed by atoms with van der Waals surface area (Å²) in [5, 5.41) is 6.06. The molecule has 0 fully saturated rings. The maximum absolute atomic E-state index is 12.1. The first-order chi connectivity index (χ1) is 12.5. The smallest absolute Gasteiger partial charge is 0.233 e. The Balaban J connectivity index is 1.81. The molecule has 2 amide bonds. The Morgan fingerprint density at radius 2 is 1.73 bits per heavy atom. The van der Waals surface area contributed by atoms with Crippen LogP contribution in [0.25, 0.3) is 0 Å². The third kappa shape index (κ3) is 5.97. The van der Waals surface area contributed by atoms with Gasteiger partial charge in [0.1, 0.15) is 17.9 Å². The Labute approximate surface area is 157 Å². The zero-order chi connectivity index (χ0) is 18.9. The van der Waals surface area contributed by atoms with Crippen LogP contribution in [0.2, 0.25) is 5.02 Å². The number of hydrogen-bond donors (Lipinski definition) is 2. The lowest BCUT2D eigenvalue weighted by molar-refractivity contribution is -0.126. The van der Waals surface area contributed by atoms with Gasteiger partial charge in [0.25, 0.3) is 0 Å². The van der Waals surface area contributed by atoms with Gasteiger partial charge in [0.2, 0.25) is 11.8 Å². The van der Waals surface area contributed by atoms with Crippen molar-refractivity contribution in [2.45, 2.75) is 12.8 Å². The average Bonchev–Trinajstić information content (AvgIpc) is 2.63. The molecule has 138 valence electrons. The van der Waals surface area contributed by atoms with Gasteiger partial charge in [0, 0.05) is 17.6 Å². The lowest BCUT2D eigenvalue weighted by atomic mass is 10.1. The van der Waals surface area contributed by atoms with E-state index in [0.29, 0.717) is 35.2 Å². The van der Waals surface area contributed by atoms with E-state index in [9.17, 15) is 9.59 Å². The predicted molar refractivity (Wildman–Crippen MR) is 101 cm³/mol. The molecule has 0 aromatic heterocycles. The molecule has 0 aliphatic heterocycles. The SMILES string of the molecule is COc1ccc(OC)c(NC(=O)CC(=O)NCCc2ccc(Cl)cc2)c1. The summed E-state index contributed by atoms with van der Waals surface area (Å²) in [5.74, 6) is 0.287. The molecule has 0 atom stereocenters. The molecular weight excluding hydrogens is 356 g/mol. The second kappa shape index (κ2) is 9.68. The fourth-order valence-electron chi connectivity index (χ4n) is 2.31. The Bertz CT molecular complexity index is 763. The largest absolute Gasteiger partial charge is 0.497 e. The van der Waals surface area contributed by atoms with E-state index in [0.717, 1.165) is 5.56 Å². The highest BCUT2D eigenvalue weighted by Gasteiger charge is 2.12. The maximum atomic E-state index is 12.1. The number of rotatable bonds is 8. The van der Waals surface area contributed by atoms with Crippen LogP contribution < -0.4 is 20.1 Å². The monoisotopic (exact) mass is 376 g/mol. The molecule has 0 unspecified atom stereocenters. The molecule has 0 saturated carbocycles. The topological polar surface area (TPSA) is 76.7 Å². The summed E-state index contributed by atoms with van der Waals surface area (Å²) in [6, 6.07) is 12.4. The van der Waals surface area contributed by atoms with Crippen LogP contribution in [0.3, 0.4) is 0 Å². The van der Waals surface area contributed by atoms with Gasteiger partial charge in [-0.25, -0.2) is 0 Å². The quantitative estimate of drug-likeness (QED) is 0.694. The van der Waals surface area contributed by atoms with Crippen LogP contribution >= 0.6 is 11.6 Å². The molecular formula is C19H21ClN2O4. The highest BCUT2D eigenvalue weighted by Crippen LogP contribution is 2.28. The Kier molecular flexibility index (Phi) is 7.29. The van der Waals surface area contributed by atoms with Crippen molar-refractivity contribution in [2.24, 2.45) is 0 Å². The summed E-state index contributed by atoms with van der Waals surface area (Å²) < 4.78 is 10.3. The third-order valence-corrected chi connectivity index (χ3v) is 3.90. The van der Waals surface area contributed by atoms with Crippen LogP contribution in [0, 0.1) is 0 Å². The van der Waals surface area contributed by atoms with E-state index in [1.165, 1.54) is 14.2 Å². The van der Waals surface area contributed by atoms with Gasteiger partial charge < -0.3 is 20.1 Å². The standard InChI is InChI=1S/C19H21ClN2O4/c1-25-15-7-8-17(26-2)16(11-15)22-19(24)12-18(23)21-10-9-13-3-5-14(20)6-4-13/h3-8,11H,9-10,12H2,1-2H3,(H,21,23)(H,22,24). The van der Waals surface area contributed by atoms with Crippen LogP contribution in [0.4, 0.5) is 5.69 Å². The molecule has 26 heavy (non-hydrogen) atoms. The van der Waals surface area contributed by atoms with Gasteiger partial charge in [-0.1, -0.05) is 23.7 Å². The molecule has 0 radical (unpaired) electrons. The van der Waals surface area contributed by atoms with Crippen molar-refractivity contribution in [3.05, 3.63) is 53.1 Å². The average molecular weight is 377 g/mol. The number of anilines is 1. The zero-order valence-corrected chi connectivity index (χ0v) is 15.4. The zero-order valence-electron chi connectivity index (χ0n) is 14.7. The van der Waals surface area contributed by atoms with Gasteiger partial charge in [-0.15, -0.1) is 0 Å². The first-order valence-corrected chi connectivity index (χ1v) is 8.42. The molecule has 0 aliphatic carbocycles. The number of ether oxygens (including phenoxy) is 2. The molecule has 6 nitrogen and oxygen atoms in total. The molecule has 7 heteroatoms. The molecule has 2 aromatic carbocycles. The van der Waals surface area contributed by atoms with E-state index >= 15 is 0 Å². The molecule has 0 spiro atoms. The fourth-order valence-corrected chi connectivity index (χ4v) is 2.44. The van der Waals surface area contributed by atoms with Gasteiger partial charge in [0.15, 0.2) is 0 Å². The van der Waals surface area contributed by atoms with E-state index < -0.39 is 5.91 Å². The van der Waals surface area contributed by atoms with E-state index in [1.54, 1.807) is 30.3 Å². The van der Waals surface area contributed by atoms with Crippen LogP contribution in [0.5, 0.6) is 11.5 Å². The highest BCUT2D eigenvalue weighted by atomic mass is 35.5. The summed E-state index contributed by atoms with van der Waals surface area (Å²) in [5.41, 5.74) is 1.51. The molecule has 0 bridgehead atoms. The van der Waals surface area contributed by atoms with Crippen LogP contribution in [0.1, 0.15) is 12.0 Å². The first-order valence-electron chi connectivity index (χ1n) is 8.05. The summed E-state index contributed by atoms with van der Waals surface area (Å²) in [7, 11) is 3.03. The molecule has 2 N–H and O–H groups in total. The van der Waals surface area contributed by atoms with E-state index in [2.05, 4.69) is 10.6 Å². The summed E-state index contributed by atoms with van der Waals surface area (Å²) >= 11 is 5.83. The number of nitrogens with one attached hydrogen (secondary N) is 2. The van der Waals surface area contributed by atoms with Gasteiger partial charge >= 0.3 is 0 Å². The Hall–Kier alpha value is -2.73. The lowest BCUT2D eigenvalue weighted by Crippen LogP contribution is -2.29. The molecule has 0 aliphatic rings. The Morgan fingerprint density at radius 3 is 2.38 bits per heavy atom. The number of halogens is 1. The van der Waals surface area contributed by atoms with Gasteiger partial charge in [-0.3, -0.25) is 9.59 Å². The van der Waals surface area contributed by atoms with E-state index in [1.807, 2.05) is 12.1 Å². The first kappa shape index (κ1) is 19.6. The summed E-state index contributed by atoms with van der Waals surface area (Å²) in [6.45, 7) is 0.441. The summed E-state index contributed by atoms with van der Waals surface area (Å²) in [6.07, 6.45) is 0.384. The fraction of sp³-hybridized carbons (Fsp3) is 0.263. The second-order valence-corrected chi connectivity index (χ2v) is 5.95. The van der Waals surface area contributed by atoms with Gasteiger partial charge in [-0.2, -0.15) is 0 Å². The van der Waals surface area contributed by atoms with Crippen LogP contribution in [-0.4, -0.2) is 32.6 Å². The highest BCUT2D eigenvalue weighted by molar-refractivity contribution is 6.30. The van der Waals surface area contributed by atoms with Crippen molar-refractivity contribution in [1.82, 2.24) is 5.32 Å². The minimum absolute atomic E-state index is 0.277. The predicted octanol–water partition coefficient (Wildman–Crippen LogP) is 3.04. The molecule has 0 saturated heterocycles. The van der Waals surface area contributed by atoms with E-state index in [-0.39, 0.29) is 12.3 Å². The van der Waals surface area contributed by atoms with Crippen molar-refractivity contribution >= 4 is 29.1 Å². The van der Waals surface area contributed by atoms with Gasteiger partial charge in [0.05, 0.1) is 19.9 Å². The van der Waals surface area contributed by atoms with Crippen molar-refractivity contribution in [3.63, 3.8) is 0 Å². The minimum atomic E-state index is -0.430. The normalized spacial score (nSPS) is 10.1. The van der Waals surface area contributed by atoms with Gasteiger partial charge in [-0.05, 0) is 36.2 Å². The van der Waals surface area contributed by atoms with Crippen molar-refractivity contribution in [2.75, 3.05) is 26.1 Å². The van der Waals surface area contributed by atoms with Crippen molar-refractivity contribution < 1.29 is 19.1 Å². The maximum Gasteiger partial charge on any atom is 0.233 e. The number of methoxy groups -OCH3 is 2. The Morgan fingerprint density at radius 1 is 1.00 bits per heavy atom. The van der Waals surface area contributed by atoms with Crippen LogP contribution in [0.15, 0.2) is 42.5 Å². The molecule has 0 heterocycles. The summed E-state index contributed by atoms with van der Waals surface area (Å²) in [4.78, 5) is 24.0. The molecule has 2 rings (SSSR count). The lowest BCUT2D eigenvalue weighted by Gasteiger charge is -2.12. The number of carbonyl (C=O) groups excluding carboxylic acids is 2. The number of amides is 2. The third-order valence-electron chi connectivity index (χ3n) is 3.65. The molecule has 2 aromatic rings. The minimum Gasteiger partial charge on any atom is -0.497 e. The number of benzene rings is 2. The number of carbonyl (C=O) groups is 2. The number of hydrogen-bond acceptors (Lipinski definition) is 4.